The largest absolute Gasteiger partial charge is 0.493 e. The minimum absolute atomic E-state index is 0.188. The molecule has 7 nitrogen and oxygen atoms in total. The van der Waals surface area contributed by atoms with Crippen molar-refractivity contribution >= 4 is 17.2 Å². The van der Waals surface area contributed by atoms with Crippen molar-refractivity contribution in [2.45, 2.75) is 26.2 Å². The fraction of sp³-hybridized carbons (Fsp3) is 0.192. The molecule has 0 radical (unpaired) electrons. The standard InChI is InChI=1S/C26H25N3O4S/c1-18(20-5-8-23(9-6-20)32-14-19-4-3-11-27-13-19)29-26(30)21-7-10-24(25(12-21)31-2)33-15-22-16-34-17-28-22/h3-13,16-18H,14-15H2,1-2H3,(H,29,30). The fourth-order valence-corrected chi connectivity index (χ4v) is 3.80. The molecule has 4 rings (SSSR count). The number of benzene rings is 2. The van der Waals surface area contributed by atoms with E-state index in [4.69, 9.17) is 14.2 Å². The summed E-state index contributed by atoms with van der Waals surface area (Å²) >= 11 is 1.51. The second-order valence-electron chi connectivity index (χ2n) is 7.55. The van der Waals surface area contributed by atoms with Gasteiger partial charge < -0.3 is 19.5 Å². The number of hydrogen-bond acceptors (Lipinski definition) is 7. The Kier molecular flexibility index (Phi) is 7.72. The number of carbonyl (C=O) groups is 1. The lowest BCUT2D eigenvalue weighted by atomic mass is 10.1. The van der Waals surface area contributed by atoms with E-state index in [0.29, 0.717) is 30.3 Å². The molecule has 2 aromatic carbocycles. The normalized spacial score (nSPS) is 11.5. The van der Waals surface area contributed by atoms with Crippen LogP contribution in [0, 0.1) is 0 Å². The highest BCUT2D eigenvalue weighted by Gasteiger charge is 2.15. The molecule has 1 N–H and O–H groups in total. The number of ether oxygens (including phenoxy) is 3. The molecule has 0 saturated heterocycles. The van der Waals surface area contributed by atoms with E-state index in [1.807, 2.05) is 48.7 Å². The van der Waals surface area contributed by atoms with Gasteiger partial charge in [-0.3, -0.25) is 9.78 Å². The average Bonchev–Trinajstić information content (AvgIpc) is 3.40. The van der Waals surface area contributed by atoms with E-state index in [1.54, 1.807) is 43.2 Å². The van der Waals surface area contributed by atoms with Crippen LogP contribution < -0.4 is 19.5 Å². The predicted molar refractivity (Wildman–Crippen MR) is 130 cm³/mol. The van der Waals surface area contributed by atoms with E-state index < -0.39 is 0 Å². The van der Waals surface area contributed by atoms with Crippen molar-refractivity contribution in [1.29, 1.82) is 0 Å². The molecule has 1 unspecified atom stereocenters. The second kappa shape index (κ2) is 11.3. The first-order valence-corrected chi connectivity index (χ1v) is 11.7. The number of nitrogens with zero attached hydrogens (tertiary/aromatic N) is 2. The highest BCUT2D eigenvalue weighted by molar-refractivity contribution is 7.07. The van der Waals surface area contributed by atoms with E-state index in [0.717, 1.165) is 22.6 Å². The first-order chi connectivity index (χ1) is 16.6. The van der Waals surface area contributed by atoms with Crippen molar-refractivity contribution in [3.8, 4) is 17.2 Å². The first kappa shape index (κ1) is 23.3. The Morgan fingerprint density at radius 1 is 1.06 bits per heavy atom. The summed E-state index contributed by atoms with van der Waals surface area (Å²) in [5.74, 6) is 1.60. The van der Waals surface area contributed by atoms with E-state index in [2.05, 4.69) is 15.3 Å². The number of hydrogen-bond donors (Lipinski definition) is 1. The monoisotopic (exact) mass is 475 g/mol. The van der Waals surface area contributed by atoms with Crippen molar-refractivity contribution in [1.82, 2.24) is 15.3 Å². The molecule has 0 aliphatic carbocycles. The summed E-state index contributed by atoms with van der Waals surface area (Å²) in [6.07, 6.45) is 3.51. The quantitative estimate of drug-likeness (QED) is 0.340. The molecule has 34 heavy (non-hydrogen) atoms. The summed E-state index contributed by atoms with van der Waals surface area (Å²) in [6.45, 7) is 2.72. The molecule has 174 valence electrons. The molecule has 2 heterocycles. The van der Waals surface area contributed by atoms with Crippen molar-refractivity contribution in [2.24, 2.45) is 0 Å². The molecule has 4 aromatic rings. The van der Waals surface area contributed by atoms with Gasteiger partial charge in [0.2, 0.25) is 0 Å². The van der Waals surface area contributed by atoms with Crippen LogP contribution in [0.3, 0.4) is 0 Å². The number of methoxy groups -OCH3 is 1. The van der Waals surface area contributed by atoms with Gasteiger partial charge in [0.05, 0.1) is 24.4 Å². The lowest BCUT2D eigenvalue weighted by molar-refractivity contribution is 0.0939. The third kappa shape index (κ3) is 6.11. The summed E-state index contributed by atoms with van der Waals surface area (Å²) in [4.78, 5) is 21.1. The summed E-state index contributed by atoms with van der Waals surface area (Å²) in [7, 11) is 1.55. The summed E-state index contributed by atoms with van der Waals surface area (Å²) < 4.78 is 17.0. The molecule has 1 amide bonds. The van der Waals surface area contributed by atoms with Crippen molar-refractivity contribution in [2.75, 3.05) is 7.11 Å². The van der Waals surface area contributed by atoms with Crippen molar-refractivity contribution in [3.05, 3.63) is 100 Å². The van der Waals surface area contributed by atoms with Gasteiger partial charge in [0.25, 0.3) is 5.91 Å². The van der Waals surface area contributed by atoms with Crippen LogP contribution in [0.5, 0.6) is 17.2 Å². The number of nitrogens with one attached hydrogen (secondary N) is 1. The third-order valence-electron chi connectivity index (χ3n) is 5.14. The van der Waals surface area contributed by atoms with E-state index in [9.17, 15) is 4.79 Å². The van der Waals surface area contributed by atoms with Crippen LogP contribution in [0.2, 0.25) is 0 Å². The average molecular weight is 476 g/mol. The topological polar surface area (TPSA) is 82.6 Å². The van der Waals surface area contributed by atoms with E-state index in [1.165, 1.54) is 11.3 Å². The van der Waals surface area contributed by atoms with E-state index >= 15 is 0 Å². The number of amides is 1. The Labute approximate surface area is 202 Å². The minimum atomic E-state index is -0.200. The fourth-order valence-electron chi connectivity index (χ4n) is 3.25. The predicted octanol–water partition coefficient (Wildman–Crippen LogP) is 5.20. The number of rotatable bonds is 10. The second-order valence-corrected chi connectivity index (χ2v) is 8.27. The van der Waals surface area contributed by atoms with Crippen LogP contribution >= 0.6 is 11.3 Å². The molecule has 0 saturated carbocycles. The molecular weight excluding hydrogens is 450 g/mol. The molecule has 0 spiro atoms. The molecule has 0 fully saturated rings. The zero-order valence-corrected chi connectivity index (χ0v) is 19.7. The molecule has 1 atom stereocenters. The Bertz CT molecular complexity index is 1200. The number of thiazole rings is 1. The zero-order valence-electron chi connectivity index (χ0n) is 18.9. The Morgan fingerprint density at radius 3 is 2.62 bits per heavy atom. The Balaban J connectivity index is 1.34. The van der Waals surface area contributed by atoms with Gasteiger partial charge in [-0.05, 0) is 48.9 Å². The van der Waals surface area contributed by atoms with Gasteiger partial charge in [-0.2, -0.15) is 0 Å². The third-order valence-corrected chi connectivity index (χ3v) is 5.78. The van der Waals surface area contributed by atoms with Crippen LogP contribution in [0.15, 0.2) is 77.9 Å². The van der Waals surface area contributed by atoms with Gasteiger partial charge in [0.15, 0.2) is 11.5 Å². The van der Waals surface area contributed by atoms with Crippen LogP contribution in [-0.4, -0.2) is 23.0 Å². The van der Waals surface area contributed by atoms with Crippen molar-refractivity contribution < 1.29 is 19.0 Å². The summed E-state index contributed by atoms with van der Waals surface area (Å²) in [5, 5.41) is 4.95. The number of pyridine rings is 1. The van der Waals surface area contributed by atoms with Gasteiger partial charge >= 0.3 is 0 Å². The summed E-state index contributed by atoms with van der Waals surface area (Å²) in [5.41, 5.74) is 5.06. The van der Waals surface area contributed by atoms with Crippen LogP contribution in [-0.2, 0) is 13.2 Å². The Hall–Kier alpha value is -3.91. The van der Waals surface area contributed by atoms with Gasteiger partial charge in [-0.25, -0.2) is 4.98 Å². The van der Waals surface area contributed by atoms with Gasteiger partial charge in [-0.15, -0.1) is 11.3 Å². The maximum Gasteiger partial charge on any atom is 0.251 e. The van der Waals surface area contributed by atoms with Gasteiger partial charge in [-0.1, -0.05) is 18.2 Å². The number of carbonyl (C=O) groups excluding carboxylic acids is 1. The molecule has 0 aliphatic heterocycles. The number of aromatic nitrogens is 2. The maximum atomic E-state index is 12.8. The van der Waals surface area contributed by atoms with Crippen molar-refractivity contribution in [3.63, 3.8) is 0 Å². The molecular formula is C26H25N3O4S. The van der Waals surface area contributed by atoms with Crippen LogP contribution in [0.25, 0.3) is 0 Å². The zero-order chi connectivity index (χ0) is 23.8. The van der Waals surface area contributed by atoms with E-state index in [-0.39, 0.29) is 11.9 Å². The molecule has 0 aliphatic rings. The van der Waals surface area contributed by atoms with Gasteiger partial charge in [0.1, 0.15) is 19.0 Å². The lowest BCUT2D eigenvalue weighted by Crippen LogP contribution is -2.26. The highest BCUT2D eigenvalue weighted by atomic mass is 32.1. The minimum Gasteiger partial charge on any atom is -0.493 e. The molecule has 8 heteroatoms. The van der Waals surface area contributed by atoms with Gasteiger partial charge in [0, 0.05) is 28.9 Å². The first-order valence-electron chi connectivity index (χ1n) is 10.7. The lowest BCUT2D eigenvalue weighted by Gasteiger charge is -2.16. The highest BCUT2D eigenvalue weighted by Crippen LogP contribution is 2.29. The van der Waals surface area contributed by atoms with Crippen LogP contribution in [0.1, 0.15) is 40.1 Å². The SMILES string of the molecule is COc1cc(C(=O)NC(C)c2ccc(OCc3cccnc3)cc2)ccc1OCc1cscn1. The smallest absolute Gasteiger partial charge is 0.251 e. The van der Waals surface area contributed by atoms with Crippen LogP contribution in [0.4, 0.5) is 0 Å². The molecule has 0 bridgehead atoms. The maximum absolute atomic E-state index is 12.8. The molecule has 2 aromatic heterocycles. The Morgan fingerprint density at radius 2 is 1.91 bits per heavy atom. The summed E-state index contributed by atoms with van der Waals surface area (Å²) in [6, 6.07) is 16.5.